The number of primary amides is 1. The predicted octanol–water partition coefficient (Wildman–Crippen LogP) is 1.40. The summed E-state index contributed by atoms with van der Waals surface area (Å²) < 4.78 is 4.92. The van der Waals surface area contributed by atoms with Gasteiger partial charge in [-0.2, -0.15) is 0 Å². The number of carbonyl (C=O) groups excluding carboxylic acids is 2. The van der Waals surface area contributed by atoms with Crippen molar-refractivity contribution in [2.24, 2.45) is 35.3 Å². The Balaban J connectivity index is 1.09. The van der Waals surface area contributed by atoms with Crippen molar-refractivity contribution in [1.29, 1.82) is 0 Å². The zero-order valence-electron chi connectivity index (χ0n) is 20.4. The van der Waals surface area contributed by atoms with Gasteiger partial charge in [0.1, 0.15) is 6.29 Å². The van der Waals surface area contributed by atoms with Crippen LogP contribution in [0.25, 0.3) is 0 Å². The van der Waals surface area contributed by atoms with E-state index in [2.05, 4.69) is 20.9 Å². The predicted molar refractivity (Wildman–Crippen MR) is 128 cm³/mol. The van der Waals surface area contributed by atoms with Crippen LogP contribution in [0.3, 0.4) is 0 Å². The van der Waals surface area contributed by atoms with Crippen LogP contribution in [0.4, 0.5) is 0 Å². The number of nitrogens with one attached hydrogen (secondary N) is 3. The molecule has 2 heterocycles. The Kier molecular flexibility index (Phi) is 9.02. The topological polar surface area (TPSA) is 109 Å². The Labute approximate surface area is 199 Å². The van der Waals surface area contributed by atoms with E-state index in [1.54, 1.807) is 0 Å². The fraction of sp³-hybridized carbons (Fsp3) is 0.920. The maximum atomic E-state index is 11.8. The SMILES string of the molecule is COC(=O)C1CCC(C2CNC(NC3CCC(CN4CCC(C(N)=O)CC4)CC3)NC2)CC1. The molecule has 0 atom stereocenters. The van der Waals surface area contributed by atoms with Crippen molar-refractivity contribution in [3.05, 3.63) is 0 Å². The van der Waals surface area contributed by atoms with Crippen molar-refractivity contribution in [3.63, 3.8) is 0 Å². The van der Waals surface area contributed by atoms with E-state index >= 15 is 0 Å². The summed E-state index contributed by atoms with van der Waals surface area (Å²) in [6.45, 7) is 5.32. The third-order valence-electron chi connectivity index (χ3n) is 8.90. The van der Waals surface area contributed by atoms with Gasteiger partial charge in [-0.15, -0.1) is 0 Å². The fourth-order valence-corrected chi connectivity index (χ4v) is 6.64. The van der Waals surface area contributed by atoms with Crippen molar-refractivity contribution in [2.45, 2.75) is 76.5 Å². The van der Waals surface area contributed by atoms with Gasteiger partial charge in [0.25, 0.3) is 0 Å². The zero-order valence-corrected chi connectivity index (χ0v) is 20.4. The Morgan fingerprint density at radius 1 is 0.879 bits per heavy atom. The number of piperidine rings is 1. The number of rotatable bonds is 7. The smallest absolute Gasteiger partial charge is 0.308 e. The molecule has 0 bridgehead atoms. The Morgan fingerprint density at radius 2 is 1.52 bits per heavy atom. The van der Waals surface area contributed by atoms with Crippen molar-refractivity contribution in [3.8, 4) is 0 Å². The van der Waals surface area contributed by atoms with Crippen molar-refractivity contribution in [1.82, 2.24) is 20.9 Å². The molecule has 0 radical (unpaired) electrons. The first-order chi connectivity index (χ1) is 16.0. The van der Waals surface area contributed by atoms with E-state index in [1.807, 2.05) is 0 Å². The molecule has 2 saturated heterocycles. The highest BCUT2D eigenvalue weighted by Crippen LogP contribution is 2.34. The average molecular weight is 464 g/mol. The highest BCUT2D eigenvalue weighted by molar-refractivity contribution is 5.76. The Hall–Kier alpha value is -1.22. The number of esters is 1. The standard InChI is InChI=1S/C25H45N5O3/c1-33-24(32)20-6-4-18(5-7-20)21-14-27-25(28-15-21)29-22-8-2-17(3-9-22)16-30-12-10-19(11-13-30)23(26)31/h17-22,25,27-29H,2-16H2,1H3,(H2,26,31). The minimum absolute atomic E-state index is 0.0278. The molecule has 8 nitrogen and oxygen atoms in total. The molecule has 4 aliphatic rings. The van der Waals surface area contributed by atoms with Crippen LogP contribution in [0.1, 0.15) is 64.2 Å². The number of hydrogen-bond acceptors (Lipinski definition) is 7. The van der Waals surface area contributed by atoms with Crippen LogP contribution >= 0.6 is 0 Å². The molecule has 0 unspecified atom stereocenters. The molecule has 0 spiro atoms. The van der Waals surface area contributed by atoms with E-state index in [9.17, 15) is 9.59 Å². The van der Waals surface area contributed by atoms with Gasteiger partial charge in [0, 0.05) is 31.6 Å². The summed E-state index contributed by atoms with van der Waals surface area (Å²) in [5.41, 5.74) is 5.46. The number of nitrogens with two attached hydrogens (primary N) is 1. The molecule has 188 valence electrons. The second-order valence-corrected chi connectivity index (χ2v) is 11.0. The number of carbonyl (C=O) groups is 2. The first kappa shape index (κ1) is 24.9. The van der Waals surface area contributed by atoms with Gasteiger partial charge in [0.05, 0.1) is 13.0 Å². The Bertz CT molecular complexity index is 630. The normalized spacial score (nSPS) is 36.9. The Morgan fingerprint density at radius 3 is 2.09 bits per heavy atom. The lowest BCUT2D eigenvalue weighted by atomic mass is 9.75. The zero-order chi connectivity index (χ0) is 23.2. The van der Waals surface area contributed by atoms with Crippen molar-refractivity contribution >= 4 is 11.9 Å². The maximum Gasteiger partial charge on any atom is 0.308 e. The fourth-order valence-electron chi connectivity index (χ4n) is 6.64. The molecule has 8 heteroatoms. The lowest BCUT2D eigenvalue weighted by Gasteiger charge is -2.41. The molecule has 4 fully saturated rings. The van der Waals surface area contributed by atoms with Gasteiger partial charge in [0.2, 0.25) is 5.91 Å². The van der Waals surface area contributed by atoms with Crippen LogP contribution in [0.2, 0.25) is 0 Å². The highest BCUT2D eigenvalue weighted by atomic mass is 16.5. The number of amides is 1. The van der Waals surface area contributed by atoms with E-state index in [0.717, 1.165) is 70.6 Å². The van der Waals surface area contributed by atoms with Crippen LogP contribution in [0.5, 0.6) is 0 Å². The van der Waals surface area contributed by atoms with Gasteiger partial charge < -0.3 is 15.4 Å². The molecule has 0 aromatic rings. The molecule has 33 heavy (non-hydrogen) atoms. The summed E-state index contributed by atoms with van der Waals surface area (Å²) in [6.07, 6.45) is 11.3. The molecule has 5 N–H and O–H groups in total. The molecule has 2 saturated carbocycles. The molecule has 4 rings (SSSR count). The van der Waals surface area contributed by atoms with E-state index in [0.29, 0.717) is 17.9 Å². The van der Waals surface area contributed by atoms with Crippen LogP contribution in [-0.4, -0.2) is 68.9 Å². The third-order valence-corrected chi connectivity index (χ3v) is 8.90. The van der Waals surface area contributed by atoms with Crippen LogP contribution in [-0.2, 0) is 14.3 Å². The number of hydrogen-bond donors (Lipinski definition) is 4. The minimum atomic E-state index is -0.122. The molecule has 2 aliphatic heterocycles. The van der Waals surface area contributed by atoms with Crippen molar-refractivity contribution < 1.29 is 14.3 Å². The van der Waals surface area contributed by atoms with Gasteiger partial charge in [0.15, 0.2) is 0 Å². The summed E-state index contributed by atoms with van der Waals surface area (Å²) in [6, 6.07) is 0.582. The second kappa shape index (κ2) is 12.0. The molecule has 1 amide bonds. The maximum absolute atomic E-state index is 11.8. The summed E-state index contributed by atoms with van der Waals surface area (Å²) in [7, 11) is 1.50. The van der Waals surface area contributed by atoms with Gasteiger partial charge in [-0.1, -0.05) is 0 Å². The van der Waals surface area contributed by atoms with Crippen molar-refractivity contribution in [2.75, 3.05) is 39.8 Å². The summed E-state index contributed by atoms with van der Waals surface area (Å²) in [5, 5.41) is 11.2. The first-order valence-corrected chi connectivity index (χ1v) is 13.3. The molecule has 0 aromatic heterocycles. The van der Waals surface area contributed by atoms with E-state index in [-0.39, 0.29) is 30.0 Å². The van der Waals surface area contributed by atoms with E-state index in [1.165, 1.54) is 39.3 Å². The van der Waals surface area contributed by atoms with E-state index < -0.39 is 0 Å². The summed E-state index contributed by atoms with van der Waals surface area (Å²) in [5.74, 6) is 2.19. The number of ether oxygens (including phenoxy) is 1. The average Bonchev–Trinajstić information content (AvgIpc) is 2.86. The van der Waals surface area contributed by atoms with Gasteiger partial charge >= 0.3 is 5.97 Å². The van der Waals surface area contributed by atoms with Crippen LogP contribution < -0.4 is 21.7 Å². The third kappa shape index (κ3) is 6.90. The number of methoxy groups -OCH3 is 1. The molecular formula is C25H45N5O3. The van der Waals surface area contributed by atoms with Crippen LogP contribution in [0, 0.1) is 29.6 Å². The van der Waals surface area contributed by atoms with Gasteiger partial charge in [-0.25, -0.2) is 0 Å². The highest BCUT2D eigenvalue weighted by Gasteiger charge is 2.34. The summed E-state index contributed by atoms with van der Waals surface area (Å²) >= 11 is 0. The second-order valence-electron chi connectivity index (χ2n) is 11.0. The van der Waals surface area contributed by atoms with Crippen LogP contribution in [0.15, 0.2) is 0 Å². The molecule has 2 aliphatic carbocycles. The number of likely N-dealkylation sites (tertiary alicyclic amines) is 1. The minimum Gasteiger partial charge on any atom is -0.469 e. The lowest BCUT2D eigenvalue weighted by Crippen LogP contribution is -2.63. The monoisotopic (exact) mass is 463 g/mol. The summed E-state index contributed by atoms with van der Waals surface area (Å²) in [4.78, 5) is 25.7. The lowest BCUT2D eigenvalue weighted by molar-refractivity contribution is -0.147. The van der Waals surface area contributed by atoms with Gasteiger partial charge in [-0.05, 0) is 95.1 Å². The van der Waals surface area contributed by atoms with Gasteiger partial charge in [-0.3, -0.25) is 25.5 Å². The largest absolute Gasteiger partial charge is 0.469 e. The van der Waals surface area contributed by atoms with E-state index in [4.69, 9.17) is 10.5 Å². The molecule has 0 aromatic carbocycles. The quantitative estimate of drug-likeness (QED) is 0.423. The number of nitrogens with zero attached hydrogens (tertiary/aromatic N) is 1. The molecular weight excluding hydrogens is 418 g/mol. The first-order valence-electron chi connectivity index (χ1n) is 13.3.